The van der Waals surface area contributed by atoms with Crippen molar-refractivity contribution in [2.24, 2.45) is 0 Å². The van der Waals surface area contributed by atoms with Crippen molar-refractivity contribution in [3.05, 3.63) is 34.1 Å². The standard InChI is InChI=1S/C12H14BrFN2/c1-12(2,8-16-6-5-15)10-7-9(13)3-4-11(10)14/h3-4,7,16H,6,8H2,1-2H3. The topological polar surface area (TPSA) is 35.8 Å². The van der Waals surface area contributed by atoms with Crippen LogP contribution in [0.4, 0.5) is 4.39 Å². The minimum Gasteiger partial charge on any atom is -0.304 e. The van der Waals surface area contributed by atoms with Gasteiger partial charge in [0.25, 0.3) is 0 Å². The van der Waals surface area contributed by atoms with Crippen LogP contribution < -0.4 is 5.32 Å². The lowest BCUT2D eigenvalue weighted by Crippen LogP contribution is -2.33. The fraction of sp³-hybridized carbons (Fsp3) is 0.417. The molecule has 1 rings (SSSR count). The molecule has 0 aliphatic carbocycles. The van der Waals surface area contributed by atoms with Crippen LogP contribution in [-0.2, 0) is 5.41 Å². The summed E-state index contributed by atoms with van der Waals surface area (Å²) in [5, 5.41) is 11.4. The lowest BCUT2D eigenvalue weighted by molar-refractivity contribution is 0.455. The van der Waals surface area contributed by atoms with E-state index in [0.717, 1.165) is 4.47 Å². The summed E-state index contributed by atoms with van der Waals surface area (Å²) in [4.78, 5) is 0. The number of hydrogen-bond acceptors (Lipinski definition) is 2. The van der Waals surface area contributed by atoms with Crippen LogP contribution >= 0.6 is 15.9 Å². The molecule has 0 saturated carbocycles. The van der Waals surface area contributed by atoms with Crippen molar-refractivity contribution in [1.29, 1.82) is 5.26 Å². The number of rotatable bonds is 4. The summed E-state index contributed by atoms with van der Waals surface area (Å²) in [7, 11) is 0. The van der Waals surface area contributed by atoms with Crippen LogP contribution in [0, 0.1) is 17.1 Å². The molecule has 0 saturated heterocycles. The van der Waals surface area contributed by atoms with Crippen molar-refractivity contribution in [2.75, 3.05) is 13.1 Å². The van der Waals surface area contributed by atoms with Crippen LogP contribution in [0.15, 0.2) is 22.7 Å². The molecule has 0 amide bonds. The number of hydrogen-bond donors (Lipinski definition) is 1. The van der Waals surface area contributed by atoms with E-state index in [0.29, 0.717) is 12.1 Å². The normalized spacial score (nSPS) is 11.2. The molecule has 1 aromatic rings. The van der Waals surface area contributed by atoms with Crippen LogP contribution in [0.2, 0.25) is 0 Å². The highest BCUT2D eigenvalue weighted by molar-refractivity contribution is 9.10. The Bertz CT molecular complexity index is 410. The molecule has 4 heteroatoms. The summed E-state index contributed by atoms with van der Waals surface area (Å²) in [5.41, 5.74) is 0.303. The van der Waals surface area contributed by atoms with E-state index < -0.39 is 0 Å². The first-order chi connectivity index (χ1) is 7.47. The minimum absolute atomic E-state index is 0.216. The number of nitriles is 1. The minimum atomic E-state index is -0.343. The Morgan fingerprint density at radius 3 is 2.81 bits per heavy atom. The first-order valence-electron chi connectivity index (χ1n) is 5.00. The summed E-state index contributed by atoms with van der Waals surface area (Å²) >= 11 is 3.33. The number of halogens is 2. The quantitative estimate of drug-likeness (QED) is 0.682. The molecule has 1 N–H and O–H groups in total. The molecule has 0 aliphatic heterocycles. The van der Waals surface area contributed by atoms with Gasteiger partial charge in [-0.3, -0.25) is 0 Å². The van der Waals surface area contributed by atoms with Gasteiger partial charge in [0.05, 0.1) is 12.6 Å². The Labute approximate surface area is 104 Å². The smallest absolute Gasteiger partial charge is 0.127 e. The van der Waals surface area contributed by atoms with Gasteiger partial charge in [0, 0.05) is 16.4 Å². The number of benzene rings is 1. The average molecular weight is 285 g/mol. The van der Waals surface area contributed by atoms with Crippen LogP contribution in [0.25, 0.3) is 0 Å². The Kier molecular flexibility index (Phi) is 4.45. The summed E-state index contributed by atoms with van der Waals surface area (Å²) < 4.78 is 14.5. The highest BCUT2D eigenvalue weighted by Gasteiger charge is 2.23. The molecule has 16 heavy (non-hydrogen) atoms. The van der Waals surface area contributed by atoms with Gasteiger partial charge in [0.15, 0.2) is 0 Å². The van der Waals surface area contributed by atoms with Gasteiger partial charge in [-0.05, 0) is 23.8 Å². The summed E-state index contributed by atoms with van der Waals surface area (Å²) in [6.07, 6.45) is 0. The second kappa shape index (κ2) is 5.42. The molecular formula is C12H14BrFN2. The summed E-state index contributed by atoms with van der Waals surface area (Å²) in [6.45, 7) is 4.73. The Balaban J connectivity index is 2.88. The molecule has 0 bridgehead atoms. The maximum Gasteiger partial charge on any atom is 0.127 e. The molecule has 0 unspecified atom stereocenters. The second-order valence-electron chi connectivity index (χ2n) is 4.27. The van der Waals surface area contributed by atoms with Crippen molar-refractivity contribution in [3.63, 3.8) is 0 Å². The second-order valence-corrected chi connectivity index (χ2v) is 5.19. The molecule has 2 nitrogen and oxygen atoms in total. The zero-order valence-electron chi connectivity index (χ0n) is 9.35. The van der Waals surface area contributed by atoms with Crippen LogP contribution in [0.3, 0.4) is 0 Å². The van der Waals surface area contributed by atoms with Crippen molar-refractivity contribution in [3.8, 4) is 6.07 Å². The largest absolute Gasteiger partial charge is 0.304 e. The van der Waals surface area contributed by atoms with Gasteiger partial charge in [-0.1, -0.05) is 29.8 Å². The first-order valence-corrected chi connectivity index (χ1v) is 5.80. The predicted octanol–water partition coefficient (Wildman–Crippen LogP) is 2.98. The molecule has 1 aromatic carbocycles. The Morgan fingerprint density at radius 1 is 1.50 bits per heavy atom. The van der Waals surface area contributed by atoms with Gasteiger partial charge in [-0.25, -0.2) is 4.39 Å². The van der Waals surface area contributed by atoms with Gasteiger partial charge in [-0.15, -0.1) is 0 Å². The number of nitrogens with one attached hydrogen (secondary N) is 1. The lowest BCUT2D eigenvalue weighted by atomic mass is 9.84. The van der Waals surface area contributed by atoms with Gasteiger partial charge in [0.1, 0.15) is 5.82 Å². The summed E-state index contributed by atoms with van der Waals surface area (Å²) in [6, 6.07) is 6.91. The monoisotopic (exact) mass is 284 g/mol. The van der Waals surface area contributed by atoms with Gasteiger partial charge in [-0.2, -0.15) is 5.26 Å². The SMILES string of the molecule is CC(C)(CNCC#N)c1cc(Br)ccc1F. The van der Waals surface area contributed by atoms with E-state index in [4.69, 9.17) is 5.26 Å². The lowest BCUT2D eigenvalue weighted by Gasteiger charge is -2.26. The molecule has 0 fully saturated rings. The van der Waals surface area contributed by atoms with E-state index in [1.54, 1.807) is 12.1 Å². The van der Waals surface area contributed by atoms with E-state index in [1.165, 1.54) is 6.07 Å². The van der Waals surface area contributed by atoms with Crippen molar-refractivity contribution in [2.45, 2.75) is 19.3 Å². The van der Waals surface area contributed by atoms with Crippen LogP contribution in [-0.4, -0.2) is 13.1 Å². The molecule has 0 spiro atoms. The molecule has 0 atom stereocenters. The first kappa shape index (κ1) is 13.1. The fourth-order valence-electron chi connectivity index (χ4n) is 1.54. The fourth-order valence-corrected chi connectivity index (χ4v) is 1.90. The van der Waals surface area contributed by atoms with E-state index in [9.17, 15) is 4.39 Å². The number of nitrogens with zero attached hydrogens (tertiary/aromatic N) is 1. The van der Waals surface area contributed by atoms with E-state index in [2.05, 4.69) is 21.2 Å². The molecule has 0 radical (unpaired) electrons. The third kappa shape index (κ3) is 3.29. The highest BCUT2D eigenvalue weighted by atomic mass is 79.9. The maximum absolute atomic E-state index is 13.7. The summed E-state index contributed by atoms with van der Waals surface area (Å²) in [5.74, 6) is -0.216. The molecule has 0 heterocycles. The van der Waals surface area contributed by atoms with E-state index in [1.807, 2.05) is 19.9 Å². The zero-order chi connectivity index (χ0) is 12.2. The van der Waals surface area contributed by atoms with Crippen LogP contribution in [0.5, 0.6) is 0 Å². The zero-order valence-corrected chi connectivity index (χ0v) is 10.9. The molecule has 86 valence electrons. The molecule has 0 aromatic heterocycles. The predicted molar refractivity (Wildman–Crippen MR) is 65.6 cm³/mol. The third-order valence-electron chi connectivity index (χ3n) is 2.43. The molecule has 0 aliphatic rings. The van der Waals surface area contributed by atoms with Crippen molar-refractivity contribution >= 4 is 15.9 Å². The Morgan fingerprint density at radius 2 is 2.19 bits per heavy atom. The molecular weight excluding hydrogens is 271 g/mol. The van der Waals surface area contributed by atoms with Gasteiger partial charge in [0.2, 0.25) is 0 Å². The van der Waals surface area contributed by atoms with Crippen LogP contribution in [0.1, 0.15) is 19.4 Å². The van der Waals surface area contributed by atoms with Crippen molar-refractivity contribution < 1.29 is 4.39 Å². The maximum atomic E-state index is 13.7. The highest BCUT2D eigenvalue weighted by Crippen LogP contribution is 2.27. The third-order valence-corrected chi connectivity index (χ3v) is 2.92. The average Bonchev–Trinajstić information content (AvgIpc) is 2.22. The van der Waals surface area contributed by atoms with Gasteiger partial charge >= 0.3 is 0 Å². The van der Waals surface area contributed by atoms with Crippen molar-refractivity contribution in [1.82, 2.24) is 5.32 Å². The Hall–Kier alpha value is -0.920. The van der Waals surface area contributed by atoms with Gasteiger partial charge < -0.3 is 5.32 Å². The van der Waals surface area contributed by atoms with E-state index >= 15 is 0 Å². The van der Waals surface area contributed by atoms with E-state index in [-0.39, 0.29) is 17.8 Å².